The second-order valence-electron chi connectivity index (χ2n) is 13.4. The molecule has 53 heavy (non-hydrogen) atoms. The molecule has 0 radical (unpaired) electrons. The van der Waals surface area contributed by atoms with Crippen LogP contribution in [0, 0.1) is 0 Å². The Morgan fingerprint density at radius 1 is 0.472 bits per heavy atom. The first-order valence-corrected chi connectivity index (χ1v) is 18.0. The van der Waals surface area contributed by atoms with Gasteiger partial charge in [0.2, 0.25) is 0 Å². The van der Waals surface area contributed by atoms with Crippen molar-refractivity contribution in [3.8, 4) is 56.2 Å². The number of rotatable bonds is 7. The van der Waals surface area contributed by atoms with E-state index in [1.54, 1.807) is 6.20 Å². The van der Waals surface area contributed by atoms with Gasteiger partial charge in [0, 0.05) is 34.5 Å². The predicted molar refractivity (Wildman–Crippen MR) is 222 cm³/mol. The zero-order chi connectivity index (χ0) is 35.7. The van der Waals surface area contributed by atoms with Crippen molar-refractivity contribution >= 4 is 38.4 Å². The van der Waals surface area contributed by atoms with Crippen molar-refractivity contribution in [2.24, 2.45) is 5.73 Å². The van der Waals surface area contributed by atoms with Gasteiger partial charge in [-0.1, -0.05) is 116 Å². The van der Waals surface area contributed by atoms with Crippen LogP contribution < -0.4 is 5.73 Å². The third kappa shape index (κ3) is 6.32. The maximum absolute atomic E-state index is 5.77. The summed E-state index contributed by atoms with van der Waals surface area (Å²) in [7, 11) is 0. The molecule has 4 nitrogen and oxygen atoms in total. The Labute approximate surface area is 309 Å². The van der Waals surface area contributed by atoms with E-state index in [0.29, 0.717) is 5.82 Å². The minimum Gasteiger partial charge on any atom is -0.405 e. The van der Waals surface area contributed by atoms with Crippen LogP contribution >= 0.6 is 0 Å². The lowest BCUT2D eigenvalue weighted by Crippen LogP contribution is -1.96. The Bertz CT molecular complexity index is 2820. The van der Waals surface area contributed by atoms with Crippen LogP contribution in [0.4, 0.5) is 0 Å². The lowest BCUT2D eigenvalue weighted by molar-refractivity contribution is 1.13. The number of aryl methyl sites for hydroxylation is 1. The van der Waals surface area contributed by atoms with Gasteiger partial charge in [-0.25, -0.2) is 9.97 Å². The number of fused-ring (bicyclic) bond motifs is 3. The van der Waals surface area contributed by atoms with Crippen LogP contribution in [0.3, 0.4) is 0 Å². The lowest BCUT2D eigenvalue weighted by atomic mass is 9.96. The molecule has 252 valence electrons. The molecular weight excluding hydrogens is 645 g/mol. The summed E-state index contributed by atoms with van der Waals surface area (Å²) in [5.74, 6) is 0.692. The maximum Gasteiger partial charge on any atom is 0.160 e. The van der Waals surface area contributed by atoms with Gasteiger partial charge in [0.1, 0.15) is 0 Å². The molecule has 0 bridgehead atoms. The number of nitrogens with zero attached hydrogens (tertiary/aromatic N) is 3. The molecule has 9 rings (SSSR count). The summed E-state index contributed by atoms with van der Waals surface area (Å²) in [6.07, 6.45) is 8.28. The minimum absolute atomic E-state index is 0.692. The van der Waals surface area contributed by atoms with Crippen LogP contribution in [0.2, 0.25) is 0 Å². The molecule has 0 aliphatic carbocycles. The molecule has 0 saturated heterocycles. The van der Waals surface area contributed by atoms with Crippen LogP contribution in [0.5, 0.6) is 0 Å². The fourth-order valence-corrected chi connectivity index (χ4v) is 7.24. The quantitative estimate of drug-likeness (QED) is 0.170. The van der Waals surface area contributed by atoms with E-state index in [9.17, 15) is 0 Å². The standard InChI is InChI=1S/C49H36N4/c1-2-32-7-16-39(26-42(32)21-23-50)33-8-12-35(13-9-33)47-30-48(36-14-10-34(11-15-36)40-18-20-45-31-51-24-22-43(45)27-40)53-49(52-47)44-19-17-41-25-37-5-3-4-6-38(37)28-46(41)29-44/h3-31H,2,50H2,1H3/b23-21-. The smallest absolute Gasteiger partial charge is 0.160 e. The molecular formula is C49H36N4. The fourth-order valence-electron chi connectivity index (χ4n) is 7.24. The molecule has 0 atom stereocenters. The number of pyridine rings is 1. The highest BCUT2D eigenvalue weighted by atomic mass is 14.9. The van der Waals surface area contributed by atoms with Crippen molar-refractivity contribution in [2.45, 2.75) is 13.3 Å². The Balaban J connectivity index is 1.12. The molecule has 0 fully saturated rings. The van der Waals surface area contributed by atoms with Crippen LogP contribution in [-0.4, -0.2) is 15.0 Å². The van der Waals surface area contributed by atoms with Crippen molar-refractivity contribution in [2.75, 3.05) is 0 Å². The van der Waals surface area contributed by atoms with Crippen molar-refractivity contribution in [3.05, 3.63) is 181 Å². The highest BCUT2D eigenvalue weighted by Crippen LogP contribution is 2.33. The monoisotopic (exact) mass is 680 g/mol. The first kappa shape index (κ1) is 32.0. The molecule has 9 aromatic rings. The van der Waals surface area contributed by atoms with Gasteiger partial charge in [-0.2, -0.15) is 0 Å². The summed E-state index contributed by atoms with van der Waals surface area (Å²) in [6.45, 7) is 2.17. The van der Waals surface area contributed by atoms with E-state index in [4.69, 9.17) is 15.7 Å². The zero-order valence-electron chi connectivity index (χ0n) is 29.4. The summed E-state index contributed by atoms with van der Waals surface area (Å²) >= 11 is 0. The second kappa shape index (κ2) is 13.7. The zero-order valence-corrected chi connectivity index (χ0v) is 29.4. The van der Waals surface area contributed by atoms with Gasteiger partial charge in [0.15, 0.2) is 5.82 Å². The highest BCUT2D eigenvalue weighted by molar-refractivity contribution is 5.99. The molecule has 0 amide bonds. The molecule has 4 heteroatoms. The normalized spacial score (nSPS) is 11.6. The summed E-state index contributed by atoms with van der Waals surface area (Å²) < 4.78 is 0. The van der Waals surface area contributed by atoms with Gasteiger partial charge in [-0.3, -0.25) is 4.98 Å². The molecule has 2 N–H and O–H groups in total. The number of benzene rings is 7. The van der Waals surface area contributed by atoms with Crippen LogP contribution in [0.25, 0.3) is 94.5 Å². The molecule has 7 aromatic carbocycles. The number of aromatic nitrogens is 3. The van der Waals surface area contributed by atoms with Crippen molar-refractivity contribution in [1.82, 2.24) is 15.0 Å². The molecule has 0 unspecified atom stereocenters. The van der Waals surface area contributed by atoms with Crippen molar-refractivity contribution in [3.63, 3.8) is 0 Å². The average Bonchev–Trinajstić information content (AvgIpc) is 3.22. The van der Waals surface area contributed by atoms with Crippen LogP contribution in [0.1, 0.15) is 18.1 Å². The molecule has 0 saturated carbocycles. The number of hydrogen-bond donors (Lipinski definition) is 1. The topological polar surface area (TPSA) is 64.7 Å². The van der Waals surface area contributed by atoms with Gasteiger partial charge < -0.3 is 5.73 Å². The Hall–Kier alpha value is -6.91. The van der Waals surface area contributed by atoms with E-state index >= 15 is 0 Å². The van der Waals surface area contributed by atoms with E-state index in [1.807, 2.05) is 18.5 Å². The van der Waals surface area contributed by atoms with E-state index in [2.05, 4.69) is 164 Å². The summed E-state index contributed by atoms with van der Waals surface area (Å²) in [6, 6.07) is 54.1. The van der Waals surface area contributed by atoms with Crippen molar-refractivity contribution < 1.29 is 0 Å². The molecule has 0 spiro atoms. The highest BCUT2D eigenvalue weighted by Gasteiger charge is 2.13. The van der Waals surface area contributed by atoms with E-state index in [-0.39, 0.29) is 0 Å². The molecule has 2 heterocycles. The first-order chi connectivity index (χ1) is 26.1. The minimum atomic E-state index is 0.692. The summed E-state index contributed by atoms with van der Waals surface area (Å²) in [5.41, 5.74) is 17.6. The third-order valence-electron chi connectivity index (χ3n) is 10.2. The van der Waals surface area contributed by atoms with Crippen LogP contribution in [0.15, 0.2) is 170 Å². The van der Waals surface area contributed by atoms with Crippen LogP contribution in [-0.2, 0) is 6.42 Å². The SMILES string of the molecule is CCc1ccc(-c2ccc(-c3cc(-c4ccc(-c5ccc6cnccc6c5)cc4)nc(-c4ccc5cc6ccccc6cc5c4)n3)cc2)cc1/C=C\N. The van der Waals surface area contributed by atoms with E-state index in [1.165, 1.54) is 32.7 Å². The lowest BCUT2D eigenvalue weighted by Gasteiger charge is -2.12. The van der Waals surface area contributed by atoms with Gasteiger partial charge >= 0.3 is 0 Å². The van der Waals surface area contributed by atoms with Gasteiger partial charge in [-0.05, 0) is 121 Å². The second-order valence-corrected chi connectivity index (χ2v) is 13.4. The van der Waals surface area contributed by atoms with Gasteiger partial charge in [0.25, 0.3) is 0 Å². The van der Waals surface area contributed by atoms with Crippen molar-refractivity contribution in [1.29, 1.82) is 0 Å². The van der Waals surface area contributed by atoms with Gasteiger partial charge in [-0.15, -0.1) is 0 Å². The van der Waals surface area contributed by atoms with Gasteiger partial charge in [0.05, 0.1) is 11.4 Å². The Morgan fingerprint density at radius 2 is 1.00 bits per heavy atom. The van der Waals surface area contributed by atoms with E-state index < -0.39 is 0 Å². The fraction of sp³-hybridized carbons (Fsp3) is 0.0408. The molecule has 0 aliphatic rings. The summed E-state index contributed by atoms with van der Waals surface area (Å²) in [5, 5.41) is 7.10. The maximum atomic E-state index is 5.77. The third-order valence-corrected chi connectivity index (χ3v) is 10.2. The summed E-state index contributed by atoms with van der Waals surface area (Å²) in [4.78, 5) is 14.6. The predicted octanol–water partition coefficient (Wildman–Crippen LogP) is 12.2. The number of hydrogen-bond acceptors (Lipinski definition) is 4. The molecule has 2 aromatic heterocycles. The first-order valence-electron chi connectivity index (χ1n) is 18.0. The Morgan fingerprint density at radius 3 is 1.68 bits per heavy atom. The largest absolute Gasteiger partial charge is 0.405 e. The number of nitrogens with two attached hydrogens (primary N) is 1. The average molecular weight is 681 g/mol. The van der Waals surface area contributed by atoms with E-state index in [0.717, 1.165) is 67.5 Å². The Kier molecular flexibility index (Phi) is 8.26. The molecule has 0 aliphatic heterocycles.